The molecule has 0 radical (unpaired) electrons. The van der Waals surface area contributed by atoms with Crippen molar-refractivity contribution in [1.82, 2.24) is 0 Å². The average molecular weight is 576 g/mol. The van der Waals surface area contributed by atoms with Gasteiger partial charge < -0.3 is 43.8 Å². The number of rotatable bonds is 20. The number of nitrogens with zero attached hydrogens (tertiary/aromatic N) is 2. The zero-order chi connectivity index (χ0) is 29.5. The lowest BCUT2D eigenvalue weighted by atomic mass is 10.1. The van der Waals surface area contributed by atoms with Gasteiger partial charge >= 0.3 is 5.69 Å². The molecule has 2 aromatic carbocycles. The van der Waals surface area contributed by atoms with E-state index in [1.807, 2.05) is 24.1 Å². The highest BCUT2D eigenvalue weighted by Gasteiger charge is 2.21. The number of aliphatic hydroxyl groups excluding tert-OH is 1. The number of ether oxygens (including phenoxy) is 5. The Bertz CT molecular complexity index is 1280. The average Bonchev–Trinajstić information content (AvgIpc) is 2.96. The molecule has 3 aromatic rings. The molecule has 0 saturated carbocycles. The van der Waals surface area contributed by atoms with Crippen LogP contribution in [-0.4, -0.2) is 96.3 Å². The van der Waals surface area contributed by atoms with Crippen molar-refractivity contribution in [2.24, 2.45) is 0 Å². The van der Waals surface area contributed by atoms with Gasteiger partial charge in [-0.2, -0.15) is 0 Å². The first-order valence-electron chi connectivity index (χ1n) is 13.2. The highest BCUT2D eigenvalue weighted by molar-refractivity contribution is 5.92. The molecule has 0 spiro atoms. The molecule has 0 aliphatic rings. The van der Waals surface area contributed by atoms with Crippen molar-refractivity contribution < 1.29 is 38.1 Å². The fourth-order valence-electron chi connectivity index (χ4n) is 3.81. The number of anilines is 2. The first kappa shape index (κ1) is 31.9. The number of fused-ring (bicyclic) bond motifs is 1. The Morgan fingerprint density at radius 1 is 0.854 bits per heavy atom. The summed E-state index contributed by atoms with van der Waals surface area (Å²) in [6.07, 6.45) is 0. The van der Waals surface area contributed by atoms with E-state index in [-0.39, 0.29) is 34.5 Å². The molecule has 0 fully saturated rings. The van der Waals surface area contributed by atoms with Gasteiger partial charge in [0, 0.05) is 30.9 Å². The van der Waals surface area contributed by atoms with Crippen LogP contribution in [0.25, 0.3) is 22.3 Å². The Morgan fingerprint density at radius 3 is 1.93 bits per heavy atom. The van der Waals surface area contributed by atoms with Gasteiger partial charge in [0.15, 0.2) is 5.43 Å². The highest BCUT2D eigenvalue weighted by Crippen LogP contribution is 2.33. The van der Waals surface area contributed by atoms with Crippen molar-refractivity contribution in [3.63, 3.8) is 0 Å². The lowest BCUT2D eigenvalue weighted by Gasteiger charge is -2.19. The van der Waals surface area contributed by atoms with Crippen LogP contribution >= 0.6 is 0 Å². The van der Waals surface area contributed by atoms with E-state index in [1.165, 1.54) is 18.2 Å². The quantitative estimate of drug-likeness (QED) is 0.0875. The zero-order valence-corrected chi connectivity index (χ0v) is 23.1. The molecule has 3 N–H and O–H groups in total. The van der Waals surface area contributed by atoms with Gasteiger partial charge in [-0.05, 0) is 36.4 Å². The second-order valence-corrected chi connectivity index (χ2v) is 8.87. The molecule has 224 valence electrons. The Hall–Kier alpha value is -3.59. The highest BCUT2D eigenvalue weighted by atomic mass is 16.6. The summed E-state index contributed by atoms with van der Waals surface area (Å²) in [5, 5.41) is 20.2. The van der Waals surface area contributed by atoms with E-state index >= 15 is 0 Å². The fourth-order valence-corrected chi connectivity index (χ4v) is 3.81. The van der Waals surface area contributed by atoms with Crippen molar-refractivity contribution in [1.29, 1.82) is 0 Å². The monoisotopic (exact) mass is 575 g/mol. The molecular formula is C28H37N3O10. The third kappa shape index (κ3) is 10.1. The molecule has 0 bridgehead atoms. The maximum absolute atomic E-state index is 12.6. The van der Waals surface area contributed by atoms with E-state index < -0.39 is 10.6 Å². The maximum atomic E-state index is 12.6. The van der Waals surface area contributed by atoms with Gasteiger partial charge in [0.25, 0.3) is 0 Å². The minimum Gasteiger partial charge on any atom is -0.448 e. The van der Waals surface area contributed by atoms with Gasteiger partial charge in [0.1, 0.15) is 11.4 Å². The molecule has 0 unspecified atom stereocenters. The lowest BCUT2D eigenvalue weighted by Crippen LogP contribution is -2.23. The third-order valence-electron chi connectivity index (χ3n) is 5.97. The van der Waals surface area contributed by atoms with Gasteiger partial charge in [0.05, 0.1) is 83.0 Å². The number of aliphatic hydroxyl groups is 1. The van der Waals surface area contributed by atoms with E-state index in [1.54, 1.807) is 12.1 Å². The van der Waals surface area contributed by atoms with Crippen LogP contribution in [-0.2, 0) is 23.7 Å². The van der Waals surface area contributed by atoms with Gasteiger partial charge in [-0.15, -0.1) is 0 Å². The molecule has 0 saturated heterocycles. The second kappa shape index (κ2) is 17.3. The predicted molar refractivity (Wildman–Crippen MR) is 153 cm³/mol. The van der Waals surface area contributed by atoms with Crippen LogP contribution in [0.5, 0.6) is 0 Å². The van der Waals surface area contributed by atoms with Crippen LogP contribution in [0.2, 0.25) is 0 Å². The molecule has 0 aliphatic carbocycles. The normalized spacial score (nSPS) is 11.3. The van der Waals surface area contributed by atoms with Gasteiger partial charge in [-0.3, -0.25) is 14.9 Å². The fraction of sp³-hybridized carbons (Fsp3) is 0.464. The van der Waals surface area contributed by atoms with Crippen molar-refractivity contribution in [2.45, 2.75) is 0 Å². The number of benzene rings is 2. The Kier molecular flexibility index (Phi) is 13.5. The number of hydrogen-bond acceptors (Lipinski definition) is 12. The van der Waals surface area contributed by atoms with Crippen molar-refractivity contribution in [2.75, 3.05) is 96.9 Å². The molecule has 13 heteroatoms. The van der Waals surface area contributed by atoms with Gasteiger partial charge in [0.2, 0.25) is 5.58 Å². The summed E-state index contributed by atoms with van der Waals surface area (Å²) in [5.41, 5.74) is 6.26. The van der Waals surface area contributed by atoms with Crippen LogP contribution in [0.1, 0.15) is 0 Å². The van der Waals surface area contributed by atoms with Crippen LogP contribution in [0.15, 0.2) is 51.7 Å². The Labute approximate surface area is 237 Å². The van der Waals surface area contributed by atoms with E-state index in [4.69, 9.17) is 38.9 Å². The molecule has 3 rings (SSSR count). The Morgan fingerprint density at radius 2 is 1.39 bits per heavy atom. The van der Waals surface area contributed by atoms with E-state index in [0.29, 0.717) is 78.2 Å². The van der Waals surface area contributed by atoms with E-state index in [0.717, 1.165) is 5.69 Å². The first-order chi connectivity index (χ1) is 19.9. The second-order valence-electron chi connectivity index (χ2n) is 8.87. The number of hydrogen-bond donors (Lipinski definition) is 2. The maximum Gasteiger partial charge on any atom is 0.334 e. The SMILES string of the molecule is CN(CCOCCOCCOCCOCCOCCO)c1ccc(-c2cc(=O)c3ccc(N)c([N+](=O)[O-])c3o2)cc1. The molecule has 0 amide bonds. The van der Waals surface area contributed by atoms with E-state index in [2.05, 4.69) is 0 Å². The standard InChI is InChI=1S/C28H37N3O10/c1-30(8-10-36-12-14-38-16-18-40-19-17-39-15-13-37-11-9-32)22-4-2-21(3-5-22)26-20-25(33)23-6-7-24(29)27(31(34)35)28(23)41-26/h2-7,20,32H,8-19,29H2,1H3. The predicted octanol–water partition coefficient (Wildman–Crippen LogP) is 2.46. The molecule has 13 nitrogen and oxygen atoms in total. The number of nitro benzene ring substituents is 1. The number of nitro groups is 1. The summed E-state index contributed by atoms with van der Waals surface area (Å²) in [4.78, 5) is 25.5. The summed E-state index contributed by atoms with van der Waals surface area (Å²) < 4.78 is 32.7. The minimum absolute atomic E-state index is 0.00798. The van der Waals surface area contributed by atoms with Gasteiger partial charge in [-0.25, -0.2) is 0 Å². The Balaban J connectivity index is 1.34. The zero-order valence-electron chi connectivity index (χ0n) is 23.1. The van der Waals surface area contributed by atoms with Crippen LogP contribution in [0, 0.1) is 10.1 Å². The van der Waals surface area contributed by atoms with Crippen molar-refractivity contribution in [3.8, 4) is 11.3 Å². The van der Waals surface area contributed by atoms with Crippen molar-refractivity contribution >= 4 is 28.0 Å². The molecule has 1 heterocycles. The summed E-state index contributed by atoms with van der Waals surface area (Å²) in [7, 11) is 1.93. The summed E-state index contributed by atoms with van der Waals surface area (Å²) >= 11 is 0. The molecule has 1 aromatic heterocycles. The first-order valence-corrected chi connectivity index (χ1v) is 13.2. The minimum atomic E-state index is -0.648. The summed E-state index contributed by atoms with van der Waals surface area (Å²) in [5.74, 6) is 0.216. The third-order valence-corrected chi connectivity index (χ3v) is 5.97. The number of likely N-dealkylation sites (N-methyl/N-ethyl adjacent to an activating group) is 1. The number of nitrogen functional groups attached to an aromatic ring is 1. The molecule has 41 heavy (non-hydrogen) atoms. The topological polar surface area (TPSA) is 169 Å². The van der Waals surface area contributed by atoms with Crippen LogP contribution < -0.4 is 16.1 Å². The molecule has 0 atom stereocenters. The summed E-state index contributed by atoms with van der Waals surface area (Å²) in [6, 6.07) is 11.4. The molecule has 0 aliphatic heterocycles. The molecular weight excluding hydrogens is 538 g/mol. The van der Waals surface area contributed by atoms with Gasteiger partial charge in [-0.1, -0.05) is 0 Å². The smallest absolute Gasteiger partial charge is 0.334 e. The van der Waals surface area contributed by atoms with E-state index in [9.17, 15) is 14.9 Å². The van der Waals surface area contributed by atoms with Crippen LogP contribution in [0.4, 0.5) is 17.1 Å². The van der Waals surface area contributed by atoms with Crippen molar-refractivity contribution in [3.05, 3.63) is 62.8 Å². The summed E-state index contributed by atoms with van der Waals surface area (Å²) in [6.45, 7) is 5.19. The largest absolute Gasteiger partial charge is 0.448 e. The number of nitrogens with two attached hydrogens (primary N) is 1. The lowest BCUT2D eigenvalue weighted by molar-refractivity contribution is -0.382. The van der Waals surface area contributed by atoms with Crippen LogP contribution in [0.3, 0.4) is 0 Å².